The number of carbonyl (C=O) groups excluding carboxylic acids is 2. The van der Waals surface area contributed by atoms with E-state index in [1.165, 1.54) is 15.3 Å². The highest BCUT2D eigenvalue weighted by Crippen LogP contribution is 2.25. The van der Waals surface area contributed by atoms with Gasteiger partial charge in [-0.1, -0.05) is 74.5 Å². The van der Waals surface area contributed by atoms with Gasteiger partial charge < -0.3 is 10.2 Å². The Labute approximate surface area is 249 Å². The molecule has 0 saturated heterocycles. The Balaban J connectivity index is 1.91. The van der Waals surface area contributed by atoms with E-state index in [2.05, 4.69) is 5.32 Å². The summed E-state index contributed by atoms with van der Waals surface area (Å²) in [5, 5.41) is 2.95. The van der Waals surface area contributed by atoms with Crippen LogP contribution in [-0.4, -0.2) is 50.5 Å². The first-order valence-electron chi connectivity index (χ1n) is 14.3. The van der Waals surface area contributed by atoms with Crippen molar-refractivity contribution in [3.8, 4) is 0 Å². The van der Waals surface area contributed by atoms with Crippen LogP contribution in [0.5, 0.6) is 0 Å². The SMILES string of the molecule is Cc1ccc(C)c(N(CCCC(=O)N(Cc2ccccc2F)[C@@H](Cc2ccccc2)C(=O)NCC(C)C)S(C)(=O)=O)c1. The van der Waals surface area contributed by atoms with Gasteiger partial charge in [-0.05, 0) is 55.0 Å². The second-order valence-electron chi connectivity index (χ2n) is 11.2. The van der Waals surface area contributed by atoms with E-state index in [0.29, 0.717) is 17.8 Å². The van der Waals surface area contributed by atoms with Crippen LogP contribution in [0.4, 0.5) is 10.1 Å². The van der Waals surface area contributed by atoms with Crippen LogP contribution >= 0.6 is 0 Å². The van der Waals surface area contributed by atoms with Crippen molar-refractivity contribution in [2.45, 2.75) is 59.5 Å². The number of benzene rings is 3. The van der Waals surface area contributed by atoms with Crippen LogP contribution in [0.2, 0.25) is 0 Å². The lowest BCUT2D eigenvalue weighted by Gasteiger charge is -2.32. The molecule has 2 amide bonds. The average molecular weight is 596 g/mol. The van der Waals surface area contributed by atoms with E-state index in [1.807, 2.05) is 76.2 Å². The van der Waals surface area contributed by atoms with Gasteiger partial charge in [0.05, 0.1) is 11.9 Å². The van der Waals surface area contributed by atoms with Crippen LogP contribution in [0.1, 0.15) is 48.9 Å². The smallest absolute Gasteiger partial charge is 0.243 e. The van der Waals surface area contributed by atoms with Gasteiger partial charge in [-0.25, -0.2) is 12.8 Å². The number of aryl methyl sites for hydroxylation is 2. The predicted octanol–water partition coefficient (Wildman–Crippen LogP) is 5.40. The largest absolute Gasteiger partial charge is 0.354 e. The summed E-state index contributed by atoms with van der Waals surface area (Å²) in [6.07, 6.45) is 1.60. The van der Waals surface area contributed by atoms with Crippen molar-refractivity contribution in [1.82, 2.24) is 10.2 Å². The highest BCUT2D eigenvalue weighted by molar-refractivity contribution is 7.92. The van der Waals surface area contributed by atoms with E-state index >= 15 is 0 Å². The molecule has 3 aromatic carbocycles. The fourth-order valence-corrected chi connectivity index (χ4v) is 5.77. The molecule has 0 aliphatic heterocycles. The Morgan fingerprint density at radius 1 is 0.952 bits per heavy atom. The van der Waals surface area contributed by atoms with Crippen molar-refractivity contribution < 1.29 is 22.4 Å². The number of hydrogen-bond donors (Lipinski definition) is 1. The molecule has 0 heterocycles. The van der Waals surface area contributed by atoms with Crippen molar-refractivity contribution in [3.05, 3.63) is 101 Å². The molecule has 0 aliphatic rings. The Bertz CT molecular complexity index is 1460. The standard InChI is InChI=1S/C33H42FN3O4S/c1-24(2)22-35-33(39)31(21-27-12-7-6-8-13-27)36(23-28-14-9-10-15-29(28)34)32(38)16-11-19-37(42(5,40)41)30-20-25(3)17-18-26(30)4/h6-10,12-15,17-18,20,24,31H,11,16,19,21-23H2,1-5H3,(H,35,39)/t31-/m0/s1. The van der Waals surface area contributed by atoms with Crippen molar-refractivity contribution in [1.29, 1.82) is 0 Å². The van der Waals surface area contributed by atoms with Gasteiger partial charge in [0.15, 0.2) is 0 Å². The number of sulfonamides is 1. The molecule has 0 unspecified atom stereocenters. The third-order valence-electron chi connectivity index (χ3n) is 7.04. The summed E-state index contributed by atoms with van der Waals surface area (Å²) in [7, 11) is -3.62. The summed E-state index contributed by atoms with van der Waals surface area (Å²) in [6, 6.07) is 20.3. The fraction of sp³-hybridized carbons (Fsp3) is 0.394. The van der Waals surface area contributed by atoms with Crippen LogP contribution in [0, 0.1) is 25.6 Å². The maximum atomic E-state index is 14.8. The number of nitrogens with one attached hydrogen (secondary N) is 1. The zero-order chi connectivity index (χ0) is 30.9. The fourth-order valence-electron chi connectivity index (χ4n) is 4.76. The number of rotatable bonds is 14. The van der Waals surface area contributed by atoms with Gasteiger partial charge in [0.2, 0.25) is 21.8 Å². The lowest BCUT2D eigenvalue weighted by Crippen LogP contribution is -2.51. The molecule has 7 nitrogen and oxygen atoms in total. The van der Waals surface area contributed by atoms with Crippen molar-refractivity contribution in [2.24, 2.45) is 5.92 Å². The van der Waals surface area contributed by atoms with E-state index in [9.17, 15) is 22.4 Å². The van der Waals surface area contributed by atoms with Gasteiger partial charge in [-0.15, -0.1) is 0 Å². The topological polar surface area (TPSA) is 86.8 Å². The van der Waals surface area contributed by atoms with E-state index in [-0.39, 0.29) is 50.1 Å². The van der Waals surface area contributed by atoms with E-state index in [1.54, 1.807) is 18.2 Å². The average Bonchev–Trinajstić information content (AvgIpc) is 2.94. The van der Waals surface area contributed by atoms with Gasteiger partial charge in [-0.2, -0.15) is 0 Å². The number of anilines is 1. The molecule has 1 N–H and O–H groups in total. The molecule has 3 aromatic rings. The highest BCUT2D eigenvalue weighted by Gasteiger charge is 2.31. The first-order valence-corrected chi connectivity index (χ1v) is 16.1. The summed E-state index contributed by atoms with van der Waals surface area (Å²) in [6.45, 7) is 8.14. The molecule has 0 radical (unpaired) electrons. The zero-order valence-corrected chi connectivity index (χ0v) is 26.0. The van der Waals surface area contributed by atoms with Crippen LogP contribution in [0.3, 0.4) is 0 Å². The predicted molar refractivity (Wildman–Crippen MR) is 166 cm³/mol. The minimum absolute atomic E-state index is 0.0198. The Kier molecular flexibility index (Phi) is 11.7. The van der Waals surface area contributed by atoms with Crippen LogP contribution in [-0.2, 0) is 32.6 Å². The molecular weight excluding hydrogens is 553 g/mol. The number of carbonyl (C=O) groups is 2. The maximum absolute atomic E-state index is 14.8. The molecule has 9 heteroatoms. The third-order valence-corrected chi connectivity index (χ3v) is 8.22. The summed E-state index contributed by atoms with van der Waals surface area (Å²) in [4.78, 5) is 28.9. The van der Waals surface area contributed by atoms with Crippen molar-refractivity contribution >= 4 is 27.5 Å². The van der Waals surface area contributed by atoms with Crippen molar-refractivity contribution in [2.75, 3.05) is 23.7 Å². The van der Waals surface area contributed by atoms with Crippen LogP contribution in [0.25, 0.3) is 0 Å². The van der Waals surface area contributed by atoms with E-state index < -0.39 is 21.9 Å². The molecule has 0 aromatic heterocycles. The second kappa shape index (κ2) is 15.0. The quantitative estimate of drug-likeness (QED) is 0.270. The van der Waals surface area contributed by atoms with Crippen molar-refractivity contribution in [3.63, 3.8) is 0 Å². The zero-order valence-electron chi connectivity index (χ0n) is 25.1. The summed E-state index contributed by atoms with van der Waals surface area (Å²) >= 11 is 0. The minimum Gasteiger partial charge on any atom is -0.354 e. The molecule has 226 valence electrons. The first-order chi connectivity index (χ1) is 19.9. The van der Waals surface area contributed by atoms with E-state index in [0.717, 1.165) is 22.9 Å². The van der Waals surface area contributed by atoms with Gasteiger partial charge in [0.25, 0.3) is 0 Å². The second-order valence-corrected chi connectivity index (χ2v) is 13.1. The molecule has 0 saturated carbocycles. The number of hydrogen-bond acceptors (Lipinski definition) is 4. The monoisotopic (exact) mass is 595 g/mol. The van der Waals surface area contributed by atoms with Crippen LogP contribution < -0.4 is 9.62 Å². The van der Waals surface area contributed by atoms with Gasteiger partial charge in [-0.3, -0.25) is 13.9 Å². The molecule has 0 bridgehead atoms. The summed E-state index contributed by atoms with van der Waals surface area (Å²) in [5.74, 6) is -0.928. The highest BCUT2D eigenvalue weighted by atomic mass is 32.2. The maximum Gasteiger partial charge on any atom is 0.243 e. The van der Waals surface area contributed by atoms with Gasteiger partial charge in [0.1, 0.15) is 11.9 Å². The van der Waals surface area contributed by atoms with Crippen LogP contribution in [0.15, 0.2) is 72.8 Å². The molecule has 42 heavy (non-hydrogen) atoms. The molecule has 1 atom stereocenters. The normalized spacial score (nSPS) is 12.2. The lowest BCUT2D eigenvalue weighted by atomic mass is 10.0. The molecule has 0 spiro atoms. The lowest BCUT2D eigenvalue weighted by molar-refractivity contribution is -0.141. The third kappa shape index (κ3) is 9.41. The summed E-state index contributed by atoms with van der Waals surface area (Å²) in [5.41, 5.74) is 3.47. The van der Waals surface area contributed by atoms with Gasteiger partial charge >= 0.3 is 0 Å². The molecular formula is C33H42FN3O4S. The first kappa shape index (κ1) is 32.8. The van der Waals surface area contributed by atoms with Gasteiger partial charge in [0, 0.05) is 38.0 Å². The Morgan fingerprint density at radius 3 is 2.26 bits per heavy atom. The summed E-state index contributed by atoms with van der Waals surface area (Å²) < 4.78 is 41.6. The van der Waals surface area contributed by atoms with E-state index in [4.69, 9.17) is 0 Å². The number of nitrogens with zero attached hydrogens (tertiary/aromatic N) is 2. The number of amides is 2. The Morgan fingerprint density at radius 2 is 1.62 bits per heavy atom. The molecule has 0 aliphatic carbocycles. The molecule has 0 fully saturated rings. The molecule has 3 rings (SSSR count). The Hall–Kier alpha value is -3.72. The number of halogens is 1. The minimum atomic E-state index is -3.62.